The molecule has 2 aliphatic carbocycles. The summed E-state index contributed by atoms with van der Waals surface area (Å²) in [4.78, 5) is 63.1. The molecule has 0 unspecified atom stereocenters. The molecule has 0 aromatic carbocycles. The molecule has 0 radical (unpaired) electrons. The average Bonchev–Trinajstić information content (AvgIpc) is 3.79. The van der Waals surface area contributed by atoms with Gasteiger partial charge in [-0.1, -0.05) is 43.8 Å². The van der Waals surface area contributed by atoms with Crippen LogP contribution in [0.1, 0.15) is 96.3 Å². The third-order valence-corrected chi connectivity index (χ3v) is 8.59. The molecule has 48 heavy (non-hydrogen) atoms. The van der Waals surface area contributed by atoms with Gasteiger partial charge in [-0.05, 0) is 57.3 Å². The number of carbonyl (C=O) groups excluding carboxylic acids is 5. The van der Waals surface area contributed by atoms with Crippen LogP contribution >= 0.6 is 0 Å². The van der Waals surface area contributed by atoms with Crippen molar-refractivity contribution in [3.8, 4) is 12.3 Å². The van der Waals surface area contributed by atoms with Crippen molar-refractivity contribution in [2.45, 2.75) is 114 Å². The predicted octanol–water partition coefficient (Wildman–Crippen LogP) is 3.08. The molecule has 2 aliphatic rings. The first kappa shape index (κ1) is 40.3. The normalized spacial score (nSPS) is 16.4. The molecule has 0 heterocycles. The second-order valence-electron chi connectivity index (χ2n) is 12.2. The molecule has 4 amide bonds. The third-order valence-electron chi connectivity index (χ3n) is 8.59. The van der Waals surface area contributed by atoms with Crippen molar-refractivity contribution in [1.82, 2.24) is 26.5 Å². The summed E-state index contributed by atoms with van der Waals surface area (Å²) in [6.07, 6.45) is 16.5. The number of hydrogen-bond donors (Lipinski definition) is 6. The lowest BCUT2D eigenvalue weighted by Gasteiger charge is -2.44. The van der Waals surface area contributed by atoms with Crippen LogP contribution in [-0.2, 0) is 28.6 Å². The van der Waals surface area contributed by atoms with E-state index in [1.165, 1.54) is 7.11 Å². The van der Waals surface area contributed by atoms with Gasteiger partial charge in [0.05, 0.1) is 26.3 Å². The van der Waals surface area contributed by atoms with E-state index in [-0.39, 0.29) is 32.4 Å². The molecule has 270 valence electrons. The summed E-state index contributed by atoms with van der Waals surface area (Å²) in [6.45, 7) is 0.630. The number of terminal acetylenes is 1. The van der Waals surface area contributed by atoms with Crippen molar-refractivity contribution in [1.29, 1.82) is 0 Å². The summed E-state index contributed by atoms with van der Waals surface area (Å²) in [7, 11) is 1.35. The van der Waals surface area contributed by atoms with Crippen LogP contribution in [0, 0.1) is 18.3 Å². The van der Waals surface area contributed by atoms with Crippen LogP contribution in [0.25, 0.3) is 0 Å². The number of allylic oxidation sites excluding steroid dienone is 1. The van der Waals surface area contributed by atoms with Gasteiger partial charge in [0.2, 0.25) is 11.8 Å². The van der Waals surface area contributed by atoms with Crippen molar-refractivity contribution in [2.75, 3.05) is 33.4 Å². The van der Waals surface area contributed by atoms with Gasteiger partial charge in [0.25, 0.3) is 0 Å². The highest BCUT2D eigenvalue weighted by atomic mass is 16.6. The number of amides is 4. The highest BCUT2D eigenvalue weighted by Gasteiger charge is 2.51. The molecule has 0 aromatic heterocycles. The van der Waals surface area contributed by atoms with Gasteiger partial charge in [0.15, 0.2) is 0 Å². The fourth-order valence-electron chi connectivity index (χ4n) is 5.85. The largest absolute Gasteiger partial charge is 0.468 e. The van der Waals surface area contributed by atoms with Crippen molar-refractivity contribution in [3.63, 3.8) is 0 Å². The Morgan fingerprint density at radius 2 is 1.50 bits per heavy atom. The number of alkyl carbamates (subject to hydrolysis) is 2. The summed E-state index contributed by atoms with van der Waals surface area (Å²) < 4.78 is 16.7. The number of nitrogens with one attached hydrogen (secondary N) is 4. The van der Waals surface area contributed by atoms with E-state index in [0.29, 0.717) is 70.4 Å². The SMILES string of the molecule is C#CCN([C@H](/C=C/C1CC1)[C@H](CCOC(=O)NCCCCCC(=O)NO)OC(=O)NCCCCCC(=O)NO)C1(C(=O)OC)CCCC1. The molecule has 2 fully saturated rings. The van der Waals surface area contributed by atoms with Gasteiger partial charge in [0, 0.05) is 32.4 Å². The molecule has 2 saturated carbocycles. The Labute approximate surface area is 282 Å². The van der Waals surface area contributed by atoms with Crippen molar-refractivity contribution in [3.05, 3.63) is 12.2 Å². The number of ether oxygens (including phenoxy) is 3. The van der Waals surface area contributed by atoms with Crippen molar-refractivity contribution in [2.24, 2.45) is 5.92 Å². The van der Waals surface area contributed by atoms with Crippen LogP contribution in [0.2, 0.25) is 0 Å². The molecule has 6 N–H and O–H groups in total. The van der Waals surface area contributed by atoms with Crippen LogP contribution in [-0.4, -0.2) is 96.3 Å². The van der Waals surface area contributed by atoms with Gasteiger partial charge in [-0.15, -0.1) is 6.42 Å². The average molecular weight is 680 g/mol. The first-order valence-electron chi connectivity index (χ1n) is 16.9. The van der Waals surface area contributed by atoms with E-state index in [9.17, 15) is 24.0 Å². The molecule has 0 spiro atoms. The zero-order chi connectivity index (χ0) is 35.2. The second-order valence-corrected chi connectivity index (χ2v) is 12.2. The molecule has 2 atom stereocenters. The monoisotopic (exact) mass is 679 g/mol. The Hall–Kier alpha value is -3.87. The number of hydroxylamine groups is 2. The van der Waals surface area contributed by atoms with Gasteiger partial charge in [-0.2, -0.15) is 0 Å². The Bertz CT molecular complexity index is 1100. The first-order chi connectivity index (χ1) is 23.2. The van der Waals surface area contributed by atoms with E-state index >= 15 is 0 Å². The third kappa shape index (κ3) is 14.5. The molecular weight excluding hydrogens is 626 g/mol. The van der Waals surface area contributed by atoms with Gasteiger partial charge < -0.3 is 24.8 Å². The minimum Gasteiger partial charge on any atom is -0.468 e. The van der Waals surface area contributed by atoms with Crippen molar-refractivity contribution >= 4 is 30.0 Å². The summed E-state index contributed by atoms with van der Waals surface area (Å²) >= 11 is 0. The quantitative estimate of drug-likeness (QED) is 0.0176. The van der Waals surface area contributed by atoms with Gasteiger partial charge in [-0.3, -0.25) is 29.7 Å². The summed E-state index contributed by atoms with van der Waals surface area (Å²) in [5.41, 5.74) is 2.17. The minimum absolute atomic E-state index is 0.0870. The Kier molecular flexibility index (Phi) is 19.0. The van der Waals surface area contributed by atoms with Crippen LogP contribution in [0.3, 0.4) is 0 Å². The van der Waals surface area contributed by atoms with E-state index in [2.05, 4.69) is 22.6 Å². The van der Waals surface area contributed by atoms with Crippen LogP contribution in [0.15, 0.2) is 12.2 Å². The Morgan fingerprint density at radius 1 is 0.917 bits per heavy atom. The highest BCUT2D eigenvalue weighted by molar-refractivity contribution is 5.81. The molecule has 0 saturated heterocycles. The molecule has 0 aromatic rings. The Morgan fingerprint density at radius 3 is 2.02 bits per heavy atom. The number of nitrogens with zero attached hydrogens (tertiary/aromatic N) is 1. The van der Waals surface area contributed by atoms with Crippen molar-refractivity contribution < 1.29 is 48.6 Å². The van der Waals surface area contributed by atoms with Crippen LogP contribution < -0.4 is 21.6 Å². The maximum Gasteiger partial charge on any atom is 0.407 e. The minimum atomic E-state index is -1.01. The van der Waals surface area contributed by atoms with E-state index in [4.69, 9.17) is 31.0 Å². The highest BCUT2D eigenvalue weighted by Crippen LogP contribution is 2.40. The second kappa shape index (κ2) is 22.7. The Balaban J connectivity index is 2.14. The van der Waals surface area contributed by atoms with E-state index in [1.807, 2.05) is 11.0 Å². The zero-order valence-corrected chi connectivity index (χ0v) is 28.0. The van der Waals surface area contributed by atoms with E-state index < -0.39 is 47.7 Å². The number of unbranched alkanes of at least 4 members (excludes halogenated alkanes) is 4. The van der Waals surface area contributed by atoms with Crippen LogP contribution in [0.4, 0.5) is 9.59 Å². The molecule has 15 nitrogen and oxygen atoms in total. The zero-order valence-electron chi connectivity index (χ0n) is 28.0. The molecule has 2 rings (SSSR count). The van der Waals surface area contributed by atoms with Crippen LogP contribution in [0.5, 0.6) is 0 Å². The topological polar surface area (TPSA) is 205 Å². The number of rotatable bonds is 23. The standard InChI is InChI=1S/C33H53N5O10/c1-3-23-38(33(30(41)46-2)19-8-9-20-33)26(17-16-25-14-15-25)27(48-32(43)35-22-11-5-7-13-29(40)37-45)18-24-47-31(42)34-21-10-4-6-12-28(39)36-44/h1,16-17,25-27,44-45H,4-15,18-24H2,2H3,(H,34,42)(H,35,43)(H,36,39)(H,37,40)/b17-16+/t26-,27+/m1/s1. The first-order valence-corrected chi connectivity index (χ1v) is 16.9. The maximum atomic E-state index is 13.3. The molecule has 0 aliphatic heterocycles. The molecular formula is C33H53N5O10. The number of carbonyl (C=O) groups is 5. The summed E-state index contributed by atoms with van der Waals surface area (Å²) in [5, 5.41) is 22.6. The lowest BCUT2D eigenvalue weighted by molar-refractivity contribution is -0.157. The smallest absolute Gasteiger partial charge is 0.407 e. The fraction of sp³-hybridized carbons (Fsp3) is 0.727. The lowest BCUT2D eigenvalue weighted by Crippen LogP contribution is -2.60. The summed E-state index contributed by atoms with van der Waals surface area (Å²) in [6, 6.07) is -0.621. The molecule has 0 bridgehead atoms. The molecule has 15 heteroatoms. The number of hydrogen-bond acceptors (Lipinski definition) is 11. The van der Waals surface area contributed by atoms with Gasteiger partial charge in [0.1, 0.15) is 11.6 Å². The number of methoxy groups -OCH3 is 1. The maximum absolute atomic E-state index is 13.3. The van der Waals surface area contributed by atoms with Gasteiger partial charge in [-0.25, -0.2) is 20.5 Å². The van der Waals surface area contributed by atoms with E-state index in [0.717, 1.165) is 25.7 Å². The lowest BCUT2D eigenvalue weighted by atomic mass is 9.90. The van der Waals surface area contributed by atoms with E-state index in [1.54, 1.807) is 11.0 Å². The predicted molar refractivity (Wildman–Crippen MR) is 173 cm³/mol. The van der Waals surface area contributed by atoms with Gasteiger partial charge >= 0.3 is 18.2 Å². The number of esters is 1. The summed E-state index contributed by atoms with van der Waals surface area (Å²) in [5.74, 6) is 1.72. The fourth-order valence-corrected chi connectivity index (χ4v) is 5.85.